The van der Waals surface area contributed by atoms with Gasteiger partial charge in [-0.15, -0.1) is 0 Å². The van der Waals surface area contributed by atoms with Gasteiger partial charge in [0, 0.05) is 0 Å². The molecule has 0 amide bonds. The summed E-state index contributed by atoms with van der Waals surface area (Å²) in [6, 6.07) is 4.52. The third-order valence-corrected chi connectivity index (χ3v) is 5.43. The lowest BCUT2D eigenvalue weighted by Gasteiger charge is -2.23. The molecule has 0 aromatic rings. The van der Waals surface area contributed by atoms with E-state index in [2.05, 4.69) is 12.1 Å². The standard InChI is InChI=1S/C11H16N2S3/c1-5-10(3,7-12)15-9(14)16-11(4,6-2)8-13/h5-6H2,1-4H3. The molecule has 2 nitrogen and oxygen atoms in total. The van der Waals surface area contributed by atoms with Gasteiger partial charge in [0.25, 0.3) is 0 Å². The highest BCUT2D eigenvalue weighted by Gasteiger charge is 2.30. The topological polar surface area (TPSA) is 47.6 Å². The Morgan fingerprint density at radius 2 is 1.38 bits per heavy atom. The minimum absolute atomic E-state index is 0.478. The van der Waals surface area contributed by atoms with Crippen molar-refractivity contribution in [1.82, 2.24) is 0 Å². The fraction of sp³-hybridized carbons (Fsp3) is 0.727. The van der Waals surface area contributed by atoms with Crippen LogP contribution in [0.15, 0.2) is 0 Å². The van der Waals surface area contributed by atoms with Crippen molar-refractivity contribution in [1.29, 1.82) is 10.5 Å². The minimum Gasteiger partial charge on any atom is -0.197 e. The molecule has 16 heavy (non-hydrogen) atoms. The molecule has 0 rings (SSSR count). The summed E-state index contributed by atoms with van der Waals surface area (Å²) in [5.41, 5.74) is 0. The molecule has 88 valence electrons. The van der Waals surface area contributed by atoms with Gasteiger partial charge in [0.05, 0.1) is 12.1 Å². The van der Waals surface area contributed by atoms with Crippen LogP contribution in [0.25, 0.3) is 0 Å². The van der Waals surface area contributed by atoms with Crippen LogP contribution in [0.4, 0.5) is 0 Å². The minimum atomic E-state index is -0.478. The Kier molecular flexibility index (Phi) is 6.40. The van der Waals surface area contributed by atoms with Gasteiger partial charge in [0.15, 0.2) is 0 Å². The average molecular weight is 272 g/mol. The molecule has 0 aromatic heterocycles. The molecule has 0 fully saturated rings. The van der Waals surface area contributed by atoms with E-state index in [9.17, 15) is 0 Å². The third-order valence-electron chi connectivity index (χ3n) is 2.44. The molecule has 0 saturated heterocycles. The van der Waals surface area contributed by atoms with Crippen molar-refractivity contribution in [2.75, 3.05) is 0 Å². The average Bonchev–Trinajstić information content (AvgIpc) is 2.28. The van der Waals surface area contributed by atoms with Crippen LogP contribution in [0.3, 0.4) is 0 Å². The lowest BCUT2D eigenvalue weighted by atomic mass is 10.1. The lowest BCUT2D eigenvalue weighted by Crippen LogP contribution is -2.21. The number of thiocarbonyl (C=S) groups is 1. The molecule has 0 aliphatic heterocycles. The van der Waals surface area contributed by atoms with E-state index in [0.29, 0.717) is 3.53 Å². The zero-order valence-corrected chi connectivity index (χ0v) is 12.5. The van der Waals surface area contributed by atoms with Gasteiger partial charge in [-0.3, -0.25) is 0 Å². The molecule has 0 bridgehead atoms. The maximum atomic E-state index is 9.04. The zero-order chi connectivity index (χ0) is 12.8. The first-order valence-corrected chi connectivity index (χ1v) is 7.13. The fourth-order valence-corrected chi connectivity index (χ4v) is 4.23. The number of thioether (sulfide) groups is 2. The van der Waals surface area contributed by atoms with Gasteiger partial charge in [-0.05, 0) is 26.7 Å². The summed E-state index contributed by atoms with van der Waals surface area (Å²) in [5.74, 6) is 0. The molecule has 0 N–H and O–H groups in total. The van der Waals surface area contributed by atoms with Crippen molar-refractivity contribution in [2.24, 2.45) is 0 Å². The summed E-state index contributed by atoms with van der Waals surface area (Å²) in [7, 11) is 0. The van der Waals surface area contributed by atoms with E-state index in [1.165, 1.54) is 23.5 Å². The van der Waals surface area contributed by atoms with Gasteiger partial charge in [-0.1, -0.05) is 49.6 Å². The van der Waals surface area contributed by atoms with E-state index >= 15 is 0 Å². The van der Waals surface area contributed by atoms with Crippen molar-refractivity contribution in [3.05, 3.63) is 0 Å². The number of nitrogens with zero attached hydrogens (tertiary/aromatic N) is 2. The van der Waals surface area contributed by atoms with E-state index in [0.717, 1.165) is 12.8 Å². The molecule has 0 aromatic carbocycles. The summed E-state index contributed by atoms with van der Waals surface area (Å²) in [6.45, 7) is 7.68. The fourth-order valence-electron chi connectivity index (χ4n) is 0.737. The van der Waals surface area contributed by atoms with Crippen LogP contribution in [0, 0.1) is 22.7 Å². The van der Waals surface area contributed by atoms with Crippen molar-refractivity contribution in [3.8, 4) is 12.1 Å². The molecule has 0 aliphatic rings. The molecular weight excluding hydrogens is 256 g/mol. The van der Waals surface area contributed by atoms with E-state index in [1.807, 2.05) is 27.7 Å². The second-order valence-corrected chi connectivity index (χ2v) is 8.06. The monoisotopic (exact) mass is 272 g/mol. The predicted octanol–water partition coefficient (Wildman–Crippen LogP) is 4.12. The Labute approximate surface area is 112 Å². The maximum Gasteiger partial charge on any atom is 0.107 e. The first-order valence-electron chi connectivity index (χ1n) is 5.09. The highest BCUT2D eigenvalue weighted by Crippen LogP contribution is 2.39. The largest absolute Gasteiger partial charge is 0.197 e. The zero-order valence-electron chi connectivity index (χ0n) is 10.0. The summed E-state index contributed by atoms with van der Waals surface area (Å²) in [4.78, 5) is 0. The van der Waals surface area contributed by atoms with Gasteiger partial charge in [-0.2, -0.15) is 10.5 Å². The summed E-state index contributed by atoms with van der Waals surface area (Å²) in [6.07, 6.45) is 1.48. The number of nitriles is 2. The first-order chi connectivity index (χ1) is 7.34. The number of hydrogen-bond acceptors (Lipinski definition) is 5. The Bertz CT molecular complexity index is 310. The molecule has 0 aliphatic carbocycles. The van der Waals surface area contributed by atoms with E-state index in [-0.39, 0.29) is 0 Å². The second-order valence-electron chi connectivity index (χ2n) is 3.85. The van der Waals surface area contributed by atoms with Gasteiger partial charge >= 0.3 is 0 Å². The van der Waals surface area contributed by atoms with Crippen molar-refractivity contribution in [2.45, 2.75) is 50.0 Å². The van der Waals surface area contributed by atoms with Crippen molar-refractivity contribution >= 4 is 39.3 Å². The van der Waals surface area contributed by atoms with E-state index in [4.69, 9.17) is 22.7 Å². The molecule has 5 heteroatoms. The quantitative estimate of drug-likeness (QED) is 0.720. The maximum absolute atomic E-state index is 9.04. The van der Waals surface area contributed by atoms with E-state index < -0.39 is 9.49 Å². The Balaban J connectivity index is 4.53. The molecule has 0 radical (unpaired) electrons. The van der Waals surface area contributed by atoms with Gasteiger partial charge in [0.2, 0.25) is 0 Å². The predicted molar refractivity (Wildman–Crippen MR) is 76.4 cm³/mol. The smallest absolute Gasteiger partial charge is 0.107 e. The second kappa shape index (κ2) is 6.49. The Hall–Kier alpha value is -0.230. The van der Waals surface area contributed by atoms with Crippen LogP contribution in [0.1, 0.15) is 40.5 Å². The Morgan fingerprint density at radius 3 is 1.56 bits per heavy atom. The highest BCUT2D eigenvalue weighted by molar-refractivity contribution is 8.48. The molecule has 2 unspecified atom stereocenters. The molecule has 0 saturated carbocycles. The van der Waals surface area contributed by atoms with Crippen molar-refractivity contribution in [3.63, 3.8) is 0 Å². The van der Waals surface area contributed by atoms with Crippen LogP contribution in [-0.2, 0) is 0 Å². The number of hydrogen-bond donors (Lipinski definition) is 0. The molecule has 0 spiro atoms. The molecule has 0 heterocycles. The summed E-state index contributed by atoms with van der Waals surface area (Å²) >= 11 is 8.01. The van der Waals surface area contributed by atoms with Gasteiger partial charge in [0.1, 0.15) is 13.0 Å². The summed E-state index contributed by atoms with van der Waals surface area (Å²) < 4.78 is -0.278. The highest BCUT2D eigenvalue weighted by atomic mass is 32.2. The van der Waals surface area contributed by atoms with E-state index in [1.54, 1.807) is 0 Å². The SMILES string of the molecule is CCC(C)(C#N)SC(=S)SC(C)(C#N)CC. The van der Waals surface area contributed by atoms with Crippen LogP contribution < -0.4 is 0 Å². The summed E-state index contributed by atoms with van der Waals surface area (Å²) in [5, 5.41) is 18.1. The Morgan fingerprint density at radius 1 is 1.06 bits per heavy atom. The van der Waals surface area contributed by atoms with Crippen LogP contribution in [-0.4, -0.2) is 13.0 Å². The normalized spacial score (nSPS) is 17.6. The van der Waals surface area contributed by atoms with Crippen LogP contribution >= 0.6 is 35.7 Å². The van der Waals surface area contributed by atoms with Crippen LogP contribution in [0.2, 0.25) is 0 Å². The van der Waals surface area contributed by atoms with Gasteiger partial charge in [-0.25, -0.2) is 0 Å². The number of rotatable bonds is 4. The van der Waals surface area contributed by atoms with Crippen LogP contribution in [0.5, 0.6) is 0 Å². The lowest BCUT2D eigenvalue weighted by molar-refractivity contribution is 0.771. The first kappa shape index (κ1) is 15.8. The van der Waals surface area contributed by atoms with Crippen molar-refractivity contribution < 1.29 is 0 Å². The third kappa shape index (κ3) is 4.74. The van der Waals surface area contributed by atoms with Gasteiger partial charge < -0.3 is 0 Å². The molecular formula is C11H16N2S3. The molecule has 2 atom stereocenters.